The van der Waals surface area contributed by atoms with Gasteiger partial charge in [-0.2, -0.15) is 0 Å². The first-order chi connectivity index (χ1) is 12.1. The van der Waals surface area contributed by atoms with E-state index in [0.29, 0.717) is 24.5 Å². The fourth-order valence-electron chi connectivity index (χ4n) is 5.52. The van der Waals surface area contributed by atoms with Gasteiger partial charge in [0.1, 0.15) is 6.61 Å². The minimum Gasteiger partial charge on any atom is -0.356 e. The normalized spacial score (nSPS) is 36.3. The van der Waals surface area contributed by atoms with Gasteiger partial charge < -0.3 is 20.1 Å². The molecular weight excluding hydrogens is 318 g/mol. The number of aliphatic hydroxyl groups excluding tert-OH is 1. The molecule has 0 aromatic carbocycles. The van der Waals surface area contributed by atoms with Crippen molar-refractivity contribution in [1.82, 2.24) is 15.1 Å². The van der Waals surface area contributed by atoms with Gasteiger partial charge in [-0.25, -0.2) is 4.90 Å². The van der Waals surface area contributed by atoms with E-state index in [4.69, 9.17) is 11.2 Å². The molecule has 25 heavy (non-hydrogen) atoms. The number of hydrogen-bond donors (Lipinski definition) is 2. The summed E-state index contributed by atoms with van der Waals surface area (Å²) >= 11 is 0. The molecule has 2 bridgehead atoms. The van der Waals surface area contributed by atoms with Gasteiger partial charge in [0.05, 0.1) is 0 Å². The Labute approximate surface area is 149 Å². The van der Waals surface area contributed by atoms with Crippen molar-refractivity contribution in [2.75, 3.05) is 26.2 Å². The largest absolute Gasteiger partial charge is 0.356 e. The summed E-state index contributed by atoms with van der Waals surface area (Å²) in [7, 11) is 0. The molecule has 4 saturated heterocycles. The Hall–Kier alpha value is -1.13. The molecule has 4 aliphatic heterocycles. The maximum absolute atomic E-state index is 11.6. The van der Waals surface area contributed by atoms with Gasteiger partial charge in [0.15, 0.2) is 0 Å². The number of hydrogen-bond acceptors (Lipinski definition) is 5. The highest BCUT2D eigenvalue weighted by molar-refractivity contribution is 5.79. The number of aliphatic hydroxyl groups is 1. The molecule has 2 N–H and O–H groups in total. The third kappa shape index (κ3) is 3.31. The summed E-state index contributed by atoms with van der Waals surface area (Å²) in [5, 5.41) is 13.3. The molecule has 6 nitrogen and oxygen atoms in total. The van der Waals surface area contributed by atoms with Gasteiger partial charge in [0.2, 0.25) is 12.3 Å². The first-order valence-corrected chi connectivity index (χ1v) is 9.61. The Morgan fingerprint density at radius 2 is 1.96 bits per heavy atom. The minimum atomic E-state index is -0.866. The van der Waals surface area contributed by atoms with Gasteiger partial charge in [0.25, 0.3) is 0 Å². The van der Waals surface area contributed by atoms with Crippen LogP contribution in [0.2, 0.25) is 0 Å². The topological polar surface area (TPSA) is 65.0 Å². The average Bonchev–Trinajstić information content (AvgIpc) is 3.10. The van der Waals surface area contributed by atoms with Crippen molar-refractivity contribution >= 4 is 5.91 Å². The molecule has 138 valence electrons. The van der Waals surface area contributed by atoms with Gasteiger partial charge in [-0.1, -0.05) is 5.92 Å². The zero-order chi connectivity index (χ0) is 17.4. The summed E-state index contributed by atoms with van der Waals surface area (Å²) in [5.41, 5.74) is 0.215. The Kier molecular flexibility index (Phi) is 4.76. The van der Waals surface area contributed by atoms with E-state index in [1.54, 1.807) is 0 Å². The van der Waals surface area contributed by atoms with E-state index in [-0.39, 0.29) is 17.9 Å². The fourth-order valence-corrected chi connectivity index (χ4v) is 5.52. The molecule has 4 rings (SSSR count). The minimum absolute atomic E-state index is 0.154. The molecule has 4 heterocycles. The van der Waals surface area contributed by atoms with Crippen molar-refractivity contribution in [1.29, 1.82) is 0 Å². The van der Waals surface area contributed by atoms with Gasteiger partial charge in [0, 0.05) is 31.1 Å². The number of terminal acetylenes is 1. The van der Waals surface area contributed by atoms with Gasteiger partial charge in [-0.05, 0) is 57.0 Å². The van der Waals surface area contributed by atoms with Gasteiger partial charge in [-0.15, -0.1) is 6.42 Å². The average molecular weight is 347 g/mol. The van der Waals surface area contributed by atoms with E-state index < -0.39 is 6.41 Å². The number of nitrogens with zero attached hydrogens (tertiary/aromatic N) is 2. The van der Waals surface area contributed by atoms with E-state index in [0.717, 1.165) is 58.2 Å². The van der Waals surface area contributed by atoms with Crippen molar-refractivity contribution in [3.05, 3.63) is 0 Å². The van der Waals surface area contributed by atoms with Crippen LogP contribution in [0.5, 0.6) is 0 Å². The lowest BCUT2D eigenvalue weighted by Crippen LogP contribution is -2.56. The van der Waals surface area contributed by atoms with Crippen LogP contribution in [-0.4, -0.2) is 71.6 Å². The number of carbonyl (C=O) groups is 1. The Morgan fingerprint density at radius 3 is 2.52 bits per heavy atom. The molecule has 0 aromatic rings. The van der Waals surface area contributed by atoms with E-state index in [9.17, 15) is 9.90 Å². The quantitative estimate of drug-likeness (QED) is 0.573. The second-order valence-electron chi connectivity index (χ2n) is 8.29. The molecule has 1 spiro atoms. The number of nitrogens with one attached hydrogen (secondary N) is 1. The Morgan fingerprint density at radius 1 is 1.28 bits per heavy atom. The highest BCUT2D eigenvalue weighted by Crippen LogP contribution is 2.42. The molecule has 0 saturated carbocycles. The van der Waals surface area contributed by atoms with Gasteiger partial charge in [-0.3, -0.25) is 4.79 Å². The summed E-state index contributed by atoms with van der Waals surface area (Å²) in [6.07, 6.45) is 11.8. The molecule has 0 aliphatic carbocycles. The van der Waals surface area contributed by atoms with Crippen molar-refractivity contribution in [3.8, 4) is 12.3 Å². The first-order valence-electron chi connectivity index (χ1n) is 9.61. The van der Waals surface area contributed by atoms with Crippen molar-refractivity contribution in [2.45, 2.75) is 69.5 Å². The smallest absolute Gasteiger partial charge is 0.220 e. The van der Waals surface area contributed by atoms with Crippen LogP contribution >= 0.6 is 0 Å². The fraction of sp³-hybridized carbons (Fsp3) is 0.842. The standard InChI is InChI=1S/C19H29N3O3/c1-2-9-25-18(24)22-14-3-4-15(22)11-16(10-14)21-7-5-19(6-8-21)12-17(23)20-13-19/h1,14-16,18,24H,3-13H2,(H,20,23). The first kappa shape index (κ1) is 17.3. The van der Waals surface area contributed by atoms with Crippen LogP contribution in [0.1, 0.15) is 44.9 Å². The zero-order valence-electron chi connectivity index (χ0n) is 14.8. The Balaban J connectivity index is 1.33. The van der Waals surface area contributed by atoms with Crippen LogP contribution < -0.4 is 5.32 Å². The summed E-state index contributed by atoms with van der Waals surface area (Å²) < 4.78 is 5.36. The lowest BCUT2D eigenvalue weighted by molar-refractivity contribution is -0.212. The Bertz CT molecular complexity index is 539. The van der Waals surface area contributed by atoms with E-state index in [1.165, 1.54) is 0 Å². The number of piperidine rings is 2. The highest BCUT2D eigenvalue weighted by Gasteiger charge is 2.47. The number of amides is 1. The SMILES string of the molecule is C#CCOC(O)N1C2CCC1CC(N1CCC3(CC1)CNC(=O)C3)C2. The van der Waals surface area contributed by atoms with E-state index in [1.807, 2.05) is 0 Å². The van der Waals surface area contributed by atoms with E-state index in [2.05, 4.69) is 21.0 Å². The third-order valence-corrected chi connectivity index (χ3v) is 6.91. The third-order valence-electron chi connectivity index (χ3n) is 6.91. The summed E-state index contributed by atoms with van der Waals surface area (Å²) in [5.74, 6) is 2.65. The van der Waals surface area contributed by atoms with E-state index >= 15 is 0 Å². The highest BCUT2D eigenvalue weighted by atomic mass is 16.6. The molecule has 0 radical (unpaired) electrons. The van der Waals surface area contributed by atoms with Crippen LogP contribution in [0, 0.1) is 17.8 Å². The van der Waals surface area contributed by atoms with Crippen LogP contribution in [0.3, 0.4) is 0 Å². The van der Waals surface area contributed by atoms with Crippen LogP contribution in [0.25, 0.3) is 0 Å². The van der Waals surface area contributed by atoms with Crippen molar-refractivity contribution in [2.24, 2.45) is 5.41 Å². The molecule has 4 aliphatic rings. The molecule has 1 amide bonds. The van der Waals surface area contributed by atoms with Crippen molar-refractivity contribution < 1.29 is 14.6 Å². The molecule has 4 fully saturated rings. The number of rotatable bonds is 4. The molecule has 3 unspecified atom stereocenters. The zero-order valence-corrected chi connectivity index (χ0v) is 14.8. The van der Waals surface area contributed by atoms with Crippen LogP contribution in [0.4, 0.5) is 0 Å². The second kappa shape index (κ2) is 6.88. The summed E-state index contributed by atoms with van der Waals surface area (Å²) in [6.45, 7) is 3.20. The summed E-state index contributed by atoms with van der Waals surface area (Å²) in [6, 6.07) is 1.38. The molecule has 3 atom stereocenters. The predicted molar refractivity (Wildman–Crippen MR) is 93.3 cm³/mol. The maximum Gasteiger partial charge on any atom is 0.220 e. The predicted octanol–water partition coefficient (Wildman–Crippen LogP) is 0.510. The van der Waals surface area contributed by atoms with Crippen LogP contribution in [0.15, 0.2) is 0 Å². The number of likely N-dealkylation sites (tertiary alicyclic amines) is 1. The van der Waals surface area contributed by atoms with Crippen LogP contribution in [-0.2, 0) is 9.53 Å². The van der Waals surface area contributed by atoms with Crippen molar-refractivity contribution in [3.63, 3.8) is 0 Å². The lowest BCUT2D eigenvalue weighted by atomic mass is 9.77. The number of ether oxygens (including phenoxy) is 1. The molecule has 6 heteroatoms. The maximum atomic E-state index is 11.6. The lowest BCUT2D eigenvalue weighted by Gasteiger charge is -2.47. The summed E-state index contributed by atoms with van der Waals surface area (Å²) in [4.78, 5) is 16.4. The van der Waals surface area contributed by atoms with Gasteiger partial charge >= 0.3 is 0 Å². The number of carbonyl (C=O) groups excluding carboxylic acids is 1. The molecular formula is C19H29N3O3. The monoisotopic (exact) mass is 347 g/mol. The second-order valence-corrected chi connectivity index (χ2v) is 8.29. The number of fused-ring (bicyclic) bond motifs is 2. The molecule has 0 aromatic heterocycles.